The van der Waals surface area contributed by atoms with Gasteiger partial charge in [0.1, 0.15) is 0 Å². The zero-order chi connectivity index (χ0) is 12.3. The Labute approximate surface area is 109 Å². The van der Waals surface area contributed by atoms with Crippen molar-refractivity contribution in [1.29, 1.82) is 5.26 Å². The van der Waals surface area contributed by atoms with Gasteiger partial charge in [-0.25, -0.2) is 0 Å². The van der Waals surface area contributed by atoms with E-state index in [-0.39, 0.29) is 0 Å². The molecule has 0 fully saturated rings. The summed E-state index contributed by atoms with van der Waals surface area (Å²) in [6.45, 7) is 0. The number of pyridine rings is 1. The first-order valence-electron chi connectivity index (χ1n) is 4.98. The minimum Gasteiger partial charge on any atom is -0.256 e. The molecule has 0 spiro atoms. The van der Waals surface area contributed by atoms with E-state index in [2.05, 4.69) is 11.1 Å². The lowest BCUT2D eigenvalue weighted by Gasteiger charge is -2.04. The third-order valence-electron chi connectivity index (χ3n) is 2.31. The Balaban J connectivity index is 2.40. The largest absolute Gasteiger partial charge is 0.256 e. The van der Waals surface area contributed by atoms with Crippen LogP contribution in [0.5, 0.6) is 0 Å². The fourth-order valence-electron chi connectivity index (χ4n) is 1.47. The molecule has 1 aromatic heterocycles. The smallest absolute Gasteiger partial charge is 0.0717 e. The molecule has 0 amide bonds. The second-order valence-corrected chi connectivity index (χ2v) is 4.35. The average Bonchev–Trinajstić information content (AvgIpc) is 2.34. The number of nitrogens with zero attached hydrogens (tertiary/aromatic N) is 2. The van der Waals surface area contributed by atoms with Gasteiger partial charge in [0.05, 0.1) is 23.2 Å². The highest BCUT2D eigenvalue weighted by Gasteiger charge is 2.05. The van der Waals surface area contributed by atoms with Gasteiger partial charge in [0, 0.05) is 16.8 Å². The van der Waals surface area contributed by atoms with Crippen LogP contribution in [0.3, 0.4) is 0 Å². The summed E-state index contributed by atoms with van der Waals surface area (Å²) >= 11 is 12.0. The third kappa shape index (κ3) is 2.76. The highest BCUT2D eigenvalue weighted by Crippen LogP contribution is 2.29. The molecule has 0 saturated heterocycles. The normalized spacial score (nSPS) is 9.94. The summed E-state index contributed by atoms with van der Waals surface area (Å²) in [7, 11) is 0. The van der Waals surface area contributed by atoms with Gasteiger partial charge in [-0.2, -0.15) is 5.26 Å². The molecule has 0 unspecified atom stereocenters. The maximum atomic E-state index is 8.57. The van der Waals surface area contributed by atoms with Crippen molar-refractivity contribution in [3.05, 3.63) is 52.1 Å². The summed E-state index contributed by atoms with van der Waals surface area (Å²) in [6.07, 6.45) is 2.03. The maximum absolute atomic E-state index is 8.57. The highest BCUT2D eigenvalue weighted by molar-refractivity contribution is 6.35. The first-order chi connectivity index (χ1) is 8.20. The summed E-state index contributed by atoms with van der Waals surface area (Å²) in [4.78, 5) is 4.28. The number of nitriles is 1. The van der Waals surface area contributed by atoms with Gasteiger partial charge in [-0.15, -0.1) is 0 Å². The number of hydrogen-bond donors (Lipinski definition) is 0. The lowest BCUT2D eigenvalue weighted by molar-refractivity contribution is 1.19. The predicted octanol–water partition coefficient (Wildman–Crippen LogP) is 4.12. The van der Waals surface area contributed by atoms with Gasteiger partial charge in [-0.3, -0.25) is 4.98 Å². The van der Waals surface area contributed by atoms with E-state index in [9.17, 15) is 0 Å². The molecule has 0 aliphatic carbocycles. The summed E-state index contributed by atoms with van der Waals surface area (Å²) in [5, 5.41) is 9.79. The van der Waals surface area contributed by atoms with Gasteiger partial charge in [-0.1, -0.05) is 29.3 Å². The van der Waals surface area contributed by atoms with Crippen LogP contribution in [0.1, 0.15) is 5.56 Å². The molecule has 0 aliphatic rings. The number of hydrogen-bond acceptors (Lipinski definition) is 2. The first-order valence-corrected chi connectivity index (χ1v) is 5.73. The van der Waals surface area contributed by atoms with Crippen molar-refractivity contribution in [2.45, 2.75) is 6.42 Å². The van der Waals surface area contributed by atoms with Crippen LogP contribution in [0.15, 0.2) is 36.5 Å². The Morgan fingerprint density at radius 2 is 2.00 bits per heavy atom. The van der Waals surface area contributed by atoms with E-state index in [0.717, 1.165) is 16.8 Å². The van der Waals surface area contributed by atoms with E-state index in [1.807, 2.05) is 12.1 Å². The minimum absolute atomic E-state index is 0.358. The van der Waals surface area contributed by atoms with Gasteiger partial charge in [0.15, 0.2) is 0 Å². The van der Waals surface area contributed by atoms with E-state index in [4.69, 9.17) is 28.5 Å². The quantitative estimate of drug-likeness (QED) is 0.817. The van der Waals surface area contributed by atoms with Crippen molar-refractivity contribution in [3.63, 3.8) is 0 Å². The lowest BCUT2D eigenvalue weighted by atomic mass is 10.1. The minimum atomic E-state index is 0.358. The number of benzene rings is 1. The van der Waals surface area contributed by atoms with Crippen molar-refractivity contribution in [3.8, 4) is 17.3 Å². The Bertz CT molecular complexity index is 571. The van der Waals surface area contributed by atoms with E-state index < -0.39 is 0 Å². The van der Waals surface area contributed by atoms with Crippen LogP contribution in [-0.2, 0) is 6.42 Å². The van der Waals surface area contributed by atoms with Crippen LogP contribution in [0.2, 0.25) is 10.0 Å². The molecule has 0 radical (unpaired) electrons. The van der Waals surface area contributed by atoms with Crippen molar-refractivity contribution < 1.29 is 0 Å². The van der Waals surface area contributed by atoms with Gasteiger partial charge < -0.3 is 0 Å². The van der Waals surface area contributed by atoms with E-state index in [0.29, 0.717) is 16.5 Å². The van der Waals surface area contributed by atoms with Gasteiger partial charge in [0.2, 0.25) is 0 Å². The zero-order valence-electron chi connectivity index (χ0n) is 8.82. The van der Waals surface area contributed by atoms with Crippen LogP contribution >= 0.6 is 23.2 Å². The fourth-order valence-corrected chi connectivity index (χ4v) is 1.86. The van der Waals surface area contributed by atoms with Gasteiger partial charge in [-0.05, 0) is 29.8 Å². The average molecular weight is 263 g/mol. The zero-order valence-corrected chi connectivity index (χ0v) is 10.3. The molecule has 2 rings (SSSR count). The second kappa shape index (κ2) is 5.18. The molecule has 17 heavy (non-hydrogen) atoms. The van der Waals surface area contributed by atoms with Crippen LogP contribution in [-0.4, -0.2) is 4.98 Å². The molecule has 0 aliphatic heterocycles. The van der Waals surface area contributed by atoms with Crippen LogP contribution in [0.25, 0.3) is 11.3 Å². The molecule has 2 nitrogen and oxygen atoms in total. The molecule has 0 saturated carbocycles. The van der Waals surface area contributed by atoms with Crippen molar-refractivity contribution in [2.24, 2.45) is 0 Å². The molecule has 0 N–H and O–H groups in total. The summed E-state index contributed by atoms with van der Waals surface area (Å²) in [5.74, 6) is 0. The Kier molecular flexibility index (Phi) is 3.63. The second-order valence-electron chi connectivity index (χ2n) is 3.51. The molecule has 1 aromatic carbocycles. The summed E-state index contributed by atoms with van der Waals surface area (Å²) in [6, 6.07) is 11.0. The van der Waals surface area contributed by atoms with Crippen LogP contribution in [0.4, 0.5) is 0 Å². The van der Waals surface area contributed by atoms with Gasteiger partial charge in [0.25, 0.3) is 0 Å². The van der Waals surface area contributed by atoms with E-state index in [1.54, 1.807) is 24.4 Å². The SMILES string of the molecule is N#CCc1ccc(-c2cc(Cl)ccc2Cl)nc1. The lowest BCUT2D eigenvalue weighted by Crippen LogP contribution is -1.88. The van der Waals surface area contributed by atoms with Crippen LogP contribution in [0, 0.1) is 11.3 Å². The Morgan fingerprint density at radius 3 is 2.65 bits per heavy atom. The summed E-state index contributed by atoms with van der Waals surface area (Å²) in [5.41, 5.74) is 2.43. The van der Waals surface area contributed by atoms with Crippen molar-refractivity contribution in [2.75, 3.05) is 0 Å². The van der Waals surface area contributed by atoms with Gasteiger partial charge >= 0.3 is 0 Å². The topological polar surface area (TPSA) is 36.7 Å². The molecular formula is C13H8Cl2N2. The third-order valence-corrected chi connectivity index (χ3v) is 2.88. The molecular weight excluding hydrogens is 255 g/mol. The molecule has 84 valence electrons. The number of aromatic nitrogens is 1. The number of halogens is 2. The van der Waals surface area contributed by atoms with Crippen molar-refractivity contribution >= 4 is 23.2 Å². The molecule has 2 aromatic rings. The van der Waals surface area contributed by atoms with E-state index in [1.165, 1.54) is 0 Å². The van der Waals surface area contributed by atoms with E-state index >= 15 is 0 Å². The molecule has 1 heterocycles. The summed E-state index contributed by atoms with van der Waals surface area (Å²) < 4.78 is 0. The fraction of sp³-hybridized carbons (Fsp3) is 0.0769. The first kappa shape index (κ1) is 11.9. The van der Waals surface area contributed by atoms with Crippen LogP contribution < -0.4 is 0 Å². The highest BCUT2D eigenvalue weighted by atomic mass is 35.5. The Hall–Kier alpha value is -1.56. The monoisotopic (exact) mass is 262 g/mol. The Morgan fingerprint density at radius 1 is 1.18 bits per heavy atom. The molecule has 0 bridgehead atoms. The van der Waals surface area contributed by atoms with Crippen molar-refractivity contribution in [1.82, 2.24) is 4.98 Å². The number of rotatable bonds is 2. The molecule has 0 atom stereocenters. The maximum Gasteiger partial charge on any atom is 0.0717 e. The predicted molar refractivity (Wildman–Crippen MR) is 69.0 cm³/mol. The standard InChI is InChI=1S/C13H8Cl2N2/c14-10-2-3-12(15)11(7-10)13-4-1-9(5-6-16)8-17-13/h1-4,7-8H,5H2. The molecule has 4 heteroatoms.